The number of aromatic nitrogens is 1. The van der Waals surface area contributed by atoms with Crippen molar-refractivity contribution in [3.63, 3.8) is 0 Å². The quantitative estimate of drug-likeness (QED) is 0.156. The van der Waals surface area contributed by atoms with E-state index in [9.17, 15) is 8.78 Å². The molecule has 186 valence electrons. The molecule has 3 heterocycles. The number of rotatable bonds is 4. The Morgan fingerprint density at radius 3 is 2.22 bits per heavy atom. The third-order valence-corrected chi connectivity index (χ3v) is 8.40. The van der Waals surface area contributed by atoms with Gasteiger partial charge in [-0.15, -0.1) is 22.7 Å². The zero-order chi connectivity index (χ0) is 26.2. The Labute approximate surface area is 226 Å². The van der Waals surface area contributed by atoms with E-state index in [1.165, 1.54) is 12.1 Å². The second-order valence-electron chi connectivity index (χ2n) is 8.14. The summed E-state index contributed by atoms with van der Waals surface area (Å²) in [6, 6.07) is 7.82. The van der Waals surface area contributed by atoms with Gasteiger partial charge in [0, 0.05) is 43.0 Å². The summed E-state index contributed by atoms with van der Waals surface area (Å²) < 4.78 is 92.8. The summed E-state index contributed by atoms with van der Waals surface area (Å²) in [7, 11) is 0. The van der Waals surface area contributed by atoms with Crippen LogP contribution in [-0.4, -0.2) is 10.9 Å². The average molecular weight is 665 g/mol. The number of allylic oxidation sites excluding steroid dienone is 1. The number of fused-ring (bicyclic) bond motifs is 3. The third-order valence-electron chi connectivity index (χ3n) is 5.93. The summed E-state index contributed by atoms with van der Waals surface area (Å²) in [6.45, 7) is 5.49. The monoisotopic (exact) mass is 663 g/mol. The summed E-state index contributed by atoms with van der Waals surface area (Å²) in [4.78, 5) is 5.17. The van der Waals surface area contributed by atoms with Gasteiger partial charge in [-0.3, -0.25) is 0 Å². The first kappa shape index (κ1) is 25.7. The summed E-state index contributed by atoms with van der Waals surface area (Å²) in [5, 5.41) is 2.88. The van der Waals surface area contributed by atoms with Crippen molar-refractivity contribution in [2.24, 2.45) is 0 Å². The molecule has 1 aliphatic carbocycles. The van der Waals surface area contributed by atoms with Crippen LogP contribution < -0.4 is 0 Å². The summed E-state index contributed by atoms with van der Waals surface area (Å²) in [5.41, 5.74) is -3.44. The molecule has 3 aromatic heterocycles. The van der Waals surface area contributed by atoms with E-state index in [-0.39, 0.29) is 26.8 Å². The molecule has 0 N–H and O–H groups in total. The van der Waals surface area contributed by atoms with Gasteiger partial charge in [0.15, 0.2) is 0 Å². The van der Waals surface area contributed by atoms with Crippen LogP contribution in [0.3, 0.4) is 0 Å². The number of nitrogens with zero attached hydrogens (tertiary/aromatic N) is 1. The lowest BCUT2D eigenvalue weighted by molar-refractivity contribution is -0.302. The third kappa shape index (κ3) is 3.49. The SMILES string of the molecule is C=C(c1cccs1)c1c2c(c3c(-c4cccs4)cc(Br)nc3c1/C=C(\C)Br)C(F)(F)C(F)(F)C2(F)F. The van der Waals surface area contributed by atoms with E-state index in [1.807, 2.05) is 0 Å². The maximum absolute atomic E-state index is 15.5. The van der Waals surface area contributed by atoms with Gasteiger partial charge in [0.2, 0.25) is 0 Å². The fraction of sp³-hybridized carbons (Fsp3) is 0.160. The number of thiophene rings is 2. The number of benzene rings is 1. The Morgan fingerprint density at radius 2 is 1.64 bits per heavy atom. The van der Waals surface area contributed by atoms with Gasteiger partial charge in [0.1, 0.15) is 4.60 Å². The van der Waals surface area contributed by atoms with Gasteiger partial charge < -0.3 is 0 Å². The predicted molar refractivity (Wildman–Crippen MR) is 141 cm³/mol. The van der Waals surface area contributed by atoms with Crippen LogP contribution in [0.25, 0.3) is 33.0 Å². The number of alkyl halides is 6. The highest BCUT2D eigenvalue weighted by Gasteiger charge is 2.80. The van der Waals surface area contributed by atoms with Crippen LogP contribution >= 0.6 is 54.5 Å². The smallest absolute Gasteiger partial charge is 0.240 e. The van der Waals surface area contributed by atoms with Crippen LogP contribution in [0.1, 0.15) is 34.1 Å². The molecule has 0 atom stereocenters. The van der Waals surface area contributed by atoms with Crippen LogP contribution in [0.5, 0.6) is 0 Å². The normalized spacial score (nSPS) is 18.0. The zero-order valence-corrected chi connectivity index (χ0v) is 22.9. The molecule has 0 unspecified atom stereocenters. The number of pyridine rings is 1. The fourth-order valence-corrected chi connectivity index (χ4v) is 6.55. The topological polar surface area (TPSA) is 12.9 Å². The maximum atomic E-state index is 15.5. The van der Waals surface area contributed by atoms with Crippen LogP contribution in [-0.2, 0) is 11.8 Å². The molecule has 0 saturated carbocycles. The zero-order valence-electron chi connectivity index (χ0n) is 18.1. The highest BCUT2D eigenvalue weighted by molar-refractivity contribution is 9.11. The Kier molecular flexibility index (Phi) is 6.09. The van der Waals surface area contributed by atoms with Gasteiger partial charge in [-0.2, -0.15) is 26.3 Å². The van der Waals surface area contributed by atoms with Gasteiger partial charge in [-0.25, -0.2) is 4.98 Å². The van der Waals surface area contributed by atoms with Crippen molar-refractivity contribution < 1.29 is 26.3 Å². The standard InChI is InChI=1S/C25H13Br2F6NS2/c1-11(26)9-14-18(12(2)15-5-3-7-35-15)20-21(24(30,31)25(32,33)23(20,28)29)19-13(16-6-4-8-36-16)10-17(27)34-22(14)19/h3-10H,2H2,1H3/b11-9+. The molecule has 0 spiro atoms. The molecular formula is C25H13Br2F6NS2. The van der Waals surface area contributed by atoms with Gasteiger partial charge >= 0.3 is 17.8 Å². The van der Waals surface area contributed by atoms with Crippen molar-refractivity contribution in [1.82, 2.24) is 4.98 Å². The van der Waals surface area contributed by atoms with Gasteiger partial charge in [-0.1, -0.05) is 34.6 Å². The molecule has 5 rings (SSSR count). The lowest BCUT2D eigenvalue weighted by Gasteiger charge is -2.24. The highest BCUT2D eigenvalue weighted by atomic mass is 79.9. The molecule has 36 heavy (non-hydrogen) atoms. The highest BCUT2D eigenvalue weighted by Crippen LogP contribution is 2.67. The van der Waals surface area contributed by atoms with E-state index in [2.05, 4.69) is 43.4 Å². The Bertz CT molecular complexity index is 1550. The Morgan fingerprint density at radius 1 is 1.00 bits per heavy atom. The van der Waals surface area contributed by atoms with Crippen LogP contribution in [0.15, 0.2) is 56.8 Å². The molecule has 0 fully saturated rings. The molecule has 0 amide bonds. The summed E-state index contributed by atoms with van der Waals surface area (Å²) in [6.07, 6.45) is 1.42. The van der Waals surface area contributed by atoms with E-state index in [4.69, 9.17) is 0 Å². The van der Waals surface area contributed by atoms with Gasteiger partial charge in [0.25, 0.3) is 0 Å². The van der Waals surface area contributed by atoms with Crippen molar-refractivity contribution in [2.75, 3.05) is 0 Å². The number of hydrogen-bond acceptors (Lipinski definition) is 3. The lowest BCUT2D eigenvalue weighted by Crippen LogP contribution is -2.43. The lowest BCUT2D eigenvalue weighted by atomic mass is 9.85. The van der Waals surface area contributed by atoms with Crippen molar-refractivity contribution in [2.45, 2.75) is 24.7 Å². The Balaban J connectivity index is 2.12. The van der Waals surface area contributed by atoms with Crippen LogP contribution in [0, 0.1) is 0 Å². The second-order valence-corrected chi connectivity index (χ2v) is 12.1. The van der Waals surface area contributed by atoms with Crippen LogP contribution in [0.4, 0.5) is 26.3 Å². The number of hydrogen-bond donors (Lipinski definition) is 0. The van der Waals surface area contributed by atoms with E-state index in [0.717, 1.165) is 22.7 Å². The number of halogens is 8. The predicted octanol–water partition coefficient (Wildman–Crippen LogP) is 10.4. The van der Waals surface area contributed by atoms with Gasteiger partial charge in [0.05, 0.1) is 5.52 Å². The minimum Gasteiger partial charge on any atom is -0.240 e. The first-order chi connectivity index (χ1) is 16.8. The van der Waals surface area contributed by atoms with E-state index in [0.29, 0.717) is 14.2 Å². The maximum Gasteiger partial charge on any atom is 0.380 e. The molecule has 11 heteroatoms. The Hall–Kier alpha value is -1.95. The average Bonchev–Trinajstić information content (AvgIpc) is 3.52. The molecular weight excluding hydrogens is 652 g/mol. The first-order valence-corrected chi connectivity index (χ1v) is 13.6. The van der Waals surface area contributed by atoms with E-state index < -0.39 is 39.8 Å². The first-order valence-electron chi connectivity index (χ1n) is 10.3. The molecule has 1 nitrogen and oxygen atoms in total. The second kappa shape index (κ2) is 8.54. The van der Waals surface area contributed by atoms with E-state index >= 15 is 17.6 Å². The minimum atomic E-state index is -5.68. The molecule has 0 radical (unpaired) electrons. The molecule has 1 aromatic carbocycles. The minimum absolute atomic E-state index is 0.0104. The van der Waals surface area contributed by atoms with E-state index in [1.54, 1.807) is 41.9 Å². The van der Waals surface area contributed by atoms with Crippen molar-refractivity contribution >= 4 is 77.1 Å². The van der Waals surface area contributed by atoms with Crippen molar-refractivity contribution in [3.8, 4) is 10.4 Å². The molecule has 0 saturated heterocycles. The molecule has 4 aromatic rings. The summed E-state index contributed by atoms with van der Waals surface area (Å²) in [5.74, 6) is -16.0. The molecule has 0 aliphatic heterocycles. The largest absolute Gasteiger partial charge is 0.380 e. The summed E-state index contributed by atoms with van der Waals surface area (Å²) >= 11 is 8.84. The van der Waals surface area contributed by atoms with Gasteiger partial charge in [-0.05, 0) is 67.9 Å². The molecule has 0 bridgehead atoms. The molecule has 1 aliphatic rings. The van der Waals surface area contributed by atoms with Crippen LogP contribution in [0.2, 0.25) is 0 Å². The fourth-order valence-electron chi connectivity index (χ4n) is 4.46. The van der Waals surface area contributed by atoms with Crippen molar-refractivity contribution in [3.05, 3.63) is 83.9 Å². The van der Waals surface area contributed by atoms with Crippen molar-refractivity contribution in [1.29, 1.82) is 0 Å².